The van der Waals surface area contributed by atoms with Gasteiger partial charge in [-0.15, -0.1) is 0 Å². The van der Waals surface area contributed by atoms with Crippen LogP contribution < -0.4 is 10.2 Å². The maximum atomic E-state index is 13.6. The molecule has 3 aromatic rings. The molecule has 4 nitrogen and oxygen atoms in total. The van der Waals surface area contributed by atoms with Crippen LogP contribution in [0.3, 0.4) is 0 Å². The lowest BCUT2D eigenvalue weighted by Gasteiger charge is -2.16. The molecule has 32 heavy (non-hydrogen) atoms. The largest absolute Gasteiger partial charge is 0.350 e. The molecule has 4 rings (SSSR count). The van der Waals surface area contributed by atoms with Gasteiger partial charge >= 0.3 is 0 Å². The molecule has 0 saturated heterocycles. The summed E-state index contributed by atoms with van der Waals surface area (Å²) in [5.41, 5.74) is 6.20. The van der Waals surface area contributed by atoms with Gasteiger partial charge < -0.3 is 5.32 Å². The monoisotopic (exact) mass is 464 g/mol. The van der Waals surface area contributed by atoms with Gasteiger partial charge in [-0.25, -0.2) is 4.90 Å². The van der Waals surface area contributed by atoms with E-state index in [9.17, 15) is 9.59 Å². The van der Waals surface area contributed by atoms with Crippen molar-refractivity contribution in [3.05, 3.63) is 98.2 Å². The fourth-order valence-corrected chi connectivity index (χ4v) is 3.98. The van der Waals surface area contributed by atoms with E-state index < -0.39 is 11.8 Å². The molecule has 0 bridgehead atoms. The first-order valence-electron chi connectivity index (χ1n) is 10.2. The summed E-state index contributed by atoms with van der Waals surface area (Å²) in [4.78, 5) is 28.3. The Labute approximate surface area is 197 Å². The molecule has 0 radical (unpaired) electrons. The van der Waals surface area contributed by atoms with Crippen LogP contribution in [0.4, 0.5) is 11.4 Å². The Morgan fingerprint density at radius 2 is 1.41 bits per heavy atom. The van der Waals surface area contributed by atoms with Gasteiger partial charge in [-0.3, -0.25) is 9.59 Å². The van der Waals surface area contributed by atoms with E-state index in [1.807, 2.05) is 52.0 Å². The summed E-state index contributed by atoms with van der Waals surface area (Å²) < 4.78 is 0. The van der Waals surface area contributed by atoms with Crippen LogP contribution in [0.2, 0.25) is 10.0 Å². The number of nitrogens with zero attached hydrogens (tertiary/aromatic N) is 1. The predicted molar refractivity (Wildman–Crippen MR) is 131 cm³/mol. The van der Waals surface area contributed by atoms with Crippen LogP contribution in [0, 0.1) is 27.7 Å². The number of halogens is 2. The molecule has 0 spiro atoms. The molecular weight excluding hydrogens is 443 g/mol. The van der Waals surface area contributed by atoms with Gasteiger partial charge in [0, 0.05) is 15.7 Å². The summed E-state index contributed by atoms with van der Waals surface area (Å²) in [7, 11) is 0. The molecular formula is C26H22Cl2N2O2. The normalized spacial score (nSPS) is 13.9. The fourth-order valence-electron chi connectivity index (χ4n) is 3.63. The maximum absolute atomic E-state index is 13.6. The average molecular weight is 465 g/mol. The number of anilines is 2. The molecule has 6 heteroatoms. The second kappa shape index (κ2) is 8.45. The van der Waals surface area contributed by atoms with E-state index in [4.69, 9.17) is 23.2 Å². The number of benzene rings is 3. The van der Waals surface area contributed by atoms with Crippen LogP contribution in [0.1, 0.15) is 27.8 Å². The van der Waals surface area contributed by atoms with Gasteiger partial charge in [0.1, 0.15) is 5.70 Å². The highest BCUT2D eigenvalue weighted by Gasteiger charge is 2.40. The number of carbonyl (C=O) groups is 2. The summed E-state index contributed by atoms with van der Waals surface area (Å²) in [6.45, 7) is 7.76. The molecule has 0 fully saturated rings. The Bertz CT molecular complexity index is 1310. The molecule has 1 heterocycles. The Morgan fingerprint density at radius 3 is 2.09 bits per heavy atom. The van der Waals surface area contributed by atoms with E-state index in [1.165, 1.54) is 0 Å². The van der Waals surface area contributed by atoms with Crippen molar-refractivity contribution in [1.29, 1.82) is 0 Å². The SMILES string of the molecule is Cc1ccc(C2=C(Nc3cc(Cl)ccc3C)C(=O)N(c3ccc(C)c(Cl)c3)C2=O)cc1C. The van der Waals surface area contributed by atoms with Gasteiger partial charge in [-0.1, -0.05) is 53.5 Å². The molecule has 0 unspecified atom stereocenters. The van der Waals surface area contributed by atoms with E-state index in [2.05, 4.69) is 5.32 Å². The number of hydrogen-bond donors (Lipinski definition) is 1. The van der Waals surface area contributed by atoms with E-state index in [0.717, 1.165) is 27.2 Å². The lowest BCUT2D eigenvalue weighted by molar-refractivity contribution is -0.120. The predicted octanol–water partition coefficient (Wildman–Crippen LogP) is 6.62. The van der Waals surface area contributed by atoms with Crippen LogP contribution in [-0.4, -0.2) is 11.8 Å². The van der Waals surface area contributed by atoms with Crippen LogP contribution in [0.5, 0.6) is 0 Å². The van der Waals surface area contributed by atoms with Crippen molar-refractivity contribution in [2.75, 3.05) is 10.2 Å². The number of imide groups is 1. The van der Waals surface area contributed by atoms with Crippen molar-refractivity contribution < 1.29 is 9.59 Å². The number of carbonyl (C=O) groups excluding carboxylic acids is 2. The molecule has 2 amide bonds. The van der Waals surface area contributed by atoms with E-state index in [0.29, 0.717) is 32.6 Å². The van der Waals surface area contributed by atoms with Crippen molar-refractivity contribution in [1.82, 2.24) is 0 Å². The van der Waals surface area contributed by atoms with Gasteiger partial charge in [0.15, 0.2) is 0 Å². The Hall–Kier alpha value is -3.08. The van der Waals surface area contributed by atoms with Crippen LogP contribution in [-0.2, 0) is 9.59 Å². The van der Waals surface area contributed by atoms with Crippen LogP contribution >= 0.6 is 23.2 Å². The standard InChI is InChI=1S/C26H22Cl2N2O2/c1-14-5-8-18(11-17(14)4)23-24(29-22-12-19(27)9-6-16(22)3)26(32)30(25(23)31)20-10-7-15(2)21(28)13-20/h5-13,29H,1-4H3. The highest BCUT2D eigenvalue weighted by molar-refractivity contribution is 6.46. The van der Waals surface area contributed by atoms with Crippen LogP contribution in [0.25, 0.3) is 5.57 Å². The zero-order chi connectivity index (χ0) is 23.2. The van der Waals surface area contributed by atoms with E-state index >= 15 is 0 Å². The third-order valence-electron chi connectivity index (χ3n) is 5.75. The van der Waals surface area contributed by atoms with Crippen molar-refractivity contribution >= 4 is 52.0 Å². The first-order valence-corrected chi connectivity index (χ1v) is 10.9. The summed E-state index contributed by atoms with van der Waals surface area (Å²) >= 11 is 12.5. The molecule has 162 valence electrons. The lowest BCUT2D eigenvalue weighted by Crippen LogP contribution is -2.32. The second-order valence-electron chi connectivity index (χ2n) is 8.01. The summed E-state index contributed by atoms with van der Waals surface area (Å²) in [6, 6.07) is 16.3. The van der Waals surface area contributed by atoms with Crippen molar-refractivity contribution in [3.63, 3.8) is 0 Å². The average Bonchev–Trinajstić information content (AvgIpc) is 2.99. The summed E-state index contributed by atoms with van der Waals surface area (Å²) in [6.07, 6.45) is 0. The summed E-state index contributed by atoms with van der Waals surface area (Å²) in [5.74, 6) is -0.845. The van der Waals surface area contributed by atoms with Crippen LogP contribution in [0.15, 0.2) is 60.3 Å². The summed E-state index contributed by atoms with van der Waals surface area (Å²) in [5, 5.41) is 4.21. The second-order valence-corrected chi connectivity index (χ2v) is 8.86. The van der Waals surface area contributed by atoms with Crippen molar-refractivity contribution in [2.24, 2.45) is 0 Å². The lowest BCUT2D eigenvalue weighted by atomic mass is 9.99. The van der Waals surface area contributed by atoms with E-state index in [-0.39, 0.29) is 5.70 Å². The minimum absolute atomic E-state index is 0.209. The number of rotatable bonds is 4. The topological polar surface area (TPSA) is 49.4 Å². The molecule has 0 aromatic heterocycles. The fraction of sp³-hybridized carbons (Fsp3) is 0.154. The number of aryl methyl sites for hydroxylation is 4. The molecule has 1 aliphatic rings. The first-order chi connectivity index (χ1) is 15.2. The smallest absolute Gasteiger partial charge is 0.282 e. The molecule has 0 aliphatic carbocycles. The Morgan fingerprint density at radius 1 is 0.719 bits per heavy atom. The molecule has 0 atom stereocenters. The molecule has 3 aromatic carbocycles. The van der Waals surface area contributed by atoms with Gasteiger partial charge in [0.05, 0.1) is 11.3 Å². The van der Waals surface area contributed by atoms with Crippen molar-refractivity contribution in [2.45, 2.75) is 27.7 Å². The molecule has 1 N–H and O–H groups in total. The highest BCUT2D eigenvalue weighted by Crippen LogP contribution is 2.36. The zero-order valence-corrected chi connectivity index (χ0v) is 19.7. The third kappa shape index (κ3) is 3.92. The van der Waals surface area contributed by atoms with Gasteiger partial charge in [-0.05, 0) is 79.8 Å². The zero-order valence-electron chi connectivity index (χ0n) is 18.2. The van der Waals surface area contributed by atoms with Gasteiger partial charge in [0.2, 0.25) is 0 Å². The Balaban J connectivity index is 1.88. The first kappa shape index (κ1) is 22.1. The third-order valence-corrected chi connectivity index (χ3v) is 6.39. The molecule has 1 aliphatic heterocycles. The minimum Gasteiger partial charge on any atom is -0.350 e. The highest BCUT2D eigenvalue weighted by atomic mass is 35.5. The van der Waals surface area contributed by atoms with E-state index in [1.54, 1.807) is 30.3 Å². The van der Waals surface area contributed by atoms with Gasteiger partial charge in [-0.2, -0.15) is 0 Å². The number of hydrogen-bond acceptors (Lipinski definition) is 3. The number of amides is 2. The van der Waals surface area contributed by atoms with Crippen molar-refractivity contribution in [3.8, 4) is 0 Å². The van der Waals surface area contributed by atoms with Gasteiger partial charge in [0.25, 0.3) is 11.8 Å². The minimum atomic E-state index is -0.442. The quantitative estimate of drug-likeness (QED) is 0.441. The Kier molecular flexibility index (Phi) is 5.85. The number of nitrogens with one attached hydrogen (secondary N) is 1. The maximum Gasteiger partial charge on any atom is 0.282 e. The molecule has 0 saturated carbocycles.